The fraction of sp³-hybridized carbons (Fsp3) is 0.0588. The highest BCUT2D eigenvalue weighted by Gasteiger charge is 2.12. The standard InChI is InChI=1S/C17H12Br2N2S/c1-11-6-7-15(22-11)14(13-5-3-9-21-17(13)19)10-12-4-2-8-20-16(12)18/h2-10H,1H3/b14-10-. The van der Waals surface area contributed by atoms with E-state index in [9.17, 15) is 0 Å². The van der Waals surface area contributed by atoms with Crippen molar-refractivity contribution in [2.75, 3.05) is 0 Å². The van der Waals surface area contributed by atoms with Crippen LogP contribution < -0.4 is 0 Å². The van der Waals surface area contributed by atoms with E-state index in [1.807, 2.05) is 18.2 Å². The van der Waals surface area contributed by atoms with Crippen molar-refractivity contribution in [2.24, 2.45) is 0 Å². The summed E-state index contributed by atoms with van der Waals surface area (Å²) in [6, 6.07) is 12.3. The maximum Gasteiger partial charge on any atom is 0.113 e. The second-order valence-electron chi connectivity index (χ2n) is 4.69. The molecule has 3 rings (SSSR count). The van der Waals surface area contributed by atoms with Crippen LogP contribution >= 0.6 is 43.2 Å². The fourth-order valence-corrected chi connectivity index (χ4v) is 3.84. The SMILES string of the molecule is Cc1ccc(/C(=C\c2cccnc2Br)c2cccnc2Br)s1. The van der Waals surface area contributed by atoms with Gasteiger partial charge in [-0.2, -0.15) is 0 Å². The van der Waals surface area contributed by atoms with Crippen molar-refractivity contribution < 1.29 is 0 Å². The van der Waals surface area contributed by atoms with Crippen molar-refractivity contribution in [1.82, 2.24) is 9.97 Å². The minimum atomic E-state index is 0.834. The van der Waals surface area contributed by atoms with Gasteiger partial charge in [-0.3, -0.25) is 0 Å². The molecule has 0 radical (unpaired) electrons. The predicted octanol–water partition coefficient (Wildman–Crippen LogP) is 5.96. The summed E-state index contributed by atoms with van der Waals surface area (Å²) in [6.45, 7) is 2.12. The van der Waals surface area contributed by atoms with Crippen molar-refractivity contribution >= 4 is 54.8 Å². The molecule has 0 aromatic carbocycles. The van der Waals surface area contributed by atoms with Gasteiger partial charge in [-0.15, -0.1) is 11.3 Å². The first-order valence-electron chi connectivity index (χ1n) is 6.65. The van der Waals surface area contributed by atoms with E-state index in [2.05, 4.69) is 73.0 Å². The number of nitrogens with zero attached hydrogens (tertiary/aromatic N) is 2. The van der Waals surface area contributed by atoms with Crippen LogP contribution in [0.25, 0.3) is 11.6 Å². The van der Waals surface area contributed by atoms with Crippen molar-refractivity contribution in [1.29, 1.82) is 0 Å². The Morgan fingerprint density at radius 3 is 2.36 bits per heavy atom. The fourth-order valence-electron chi connectivity index (χ4n) is 2.11. The van der Waals surface area contributed by atoms with Gasteiger partial charge in [-0.1, -0.05) is 12.1 Å². The maximum absolute atomic E-state index is 4.35. The zero-order valence-electron chi connectivity index (χ0n) is 11.8. The minimum absolute atomic E-state index is 0.834. The zero-order valence-corrected chi connectivity index (χ0v) is 15.7. The number of rotatable bonds is 3. The molecule has 0 bridgehead atoms. The first-order chi connectivity index (χ1) is 10.6. The highest BCUT2D eigenvalue weighted by Crippen LogP contribution is 2.34. The Morgan fingerprint density at radius 2 is 1.73 bits per heavy atom. The molecule has 2 nitrogen and oxygen atoms in total. The molecule has 3 aromatic heterocycles. The summed E-state index contributed by atoms with van der Waals surface area (Å²) in [7, 11) is 0. The third-order valence-corrected chi connectivity index (χ3v) is 5.47. The molecule has 5 heteroatoms. The van der Waals surface area contributed by atoms with Crippen LogP contribution in [0.15, 0.2) is 58.0 Å². The van der Waals surface area contributed by atoms with Gasteiger partial charge in [-0.05, 0) is 69.1 Å². The summed E-state index contributed by atoms with van der Waals surface area (Å²) in [6.07, 6.45) is 5.70. The van der Waals surface area contributed by atoms with Crippen LogP contribution in [0, 0.1) is 6.92 Å². The van der Waals surface area contributed by atoms with Gasteiger partial charge in [-0.25, -0.2) is 9.97 Å². The summed E-state index contributed by atoms with van der Waals surface area (Å²) in [5.74, 6) is 0. The molecule has 110 valence electrons. The Morgan fingerprint density at radius 1 is 1.00 bits per heavy atom. The number of pyridine rings is 2. The summed E-state index contributed by atoms with van der Waals surface area (Å²) in [4.78, 5) is 11.1. The van der Waals surface area contributed by atoms with Crippen LogP contribution in [0.5, 0.6) is 0 Å². The van der Waals surface area contributed by atoms with Crippen molar-refractivity contribution in [3.05, 3.63) is 78.9 Å². The number of hydrogen-bond acceptors (Lipinski definition) is 3. The first kappa shape index (κ1) is 15.6. The Balaban J connectivity index is 2.20. The first-order valence-corrected chi connectivity index (χ1v) is 9.05. The molecule has 0 aliphatic carbocycles. The third kappa shape index (κ3) is 3.37. The lowest BCUT2D eigenvalue weighted by atomic mass is 10.0. The minimum Gasteiger partial charge on any atom is -0.249 e. The smallest absolute Gasteiger partial charge is 0.113 e. The van der Waals surface area contributed by atoms with Crippen molar-refractivity contribution in [3.8, 4) is 0 Å². The second kappa shape index (κ2) is 6.86. The van der Waals surface area contributed by atoms with E-state index in [-0.39, 0.29) is 0 Å². The van der Waals surface area contributed by atoms with Gasteiger partial charge in [0.05, 0.1) is 0 Å². The van der Waals surface area contributed by atoms with Crippen LogP contribution in [-0.4, -0.2) is 9.97 Å². The monoisotopic (exact) mass is 434 g/mol. The summed E-state index contributed by atoms with van der Waals surface area (Å²) < 4.78 is 1.67. The van der Waals surface area contributed by atoms with E-state index in [1.54, 1.807) is 23.7 Å². The summed E-state index contributed by atoms with van der Waals surface area (Å²) >= 11 is 8.84. The largest absolute Gasteiger partial charge is 0.249 e. The summed E-state index contributed by atoms with van der Waals surface area (Å²) in [5.41, 5.74) is 3.24. The molecule has 0 atom stereocenters. The van der Waals surface area contributed by atoms with E-state index >= 15 is 0 Å². The zero-order chi connectivity index (χ0) is 15.5. The molecule has 0 N–H and O–H groups in total. The van der Waals surface area contributed by atoms with Gasteiger partial charge in [0.1, 0.15) is 9.21 Å². The topological polar surface area (TPSA) is 25.8 Å². The normalized spacial score (nSPS) is 11.7. The quantitative estimate of drug-likeness (QED) is 0.474. The van der Waals surface area contributed by atoms with Gasteiger partial charge in [0.25, 0.3) is 0 Å². The molecule has 0 amide bonds. The Labute approximate surface area is 150 Å². The van der Waals surface area contributed by atoms with Gasteiger partial charge in [0.15, 0.2) is 0 Å². The number of halogens is 2. The van der Waals surface area contributed by atoms with Gasteiger partial charge in [0, 0.05) is 38.8 Å². The number of thiophene rings is 1. The molecule has 0 saturated carbocycles. The lowest BCUT2D eigenvalue weighted by Crippen LogP contribution is -1.90. The highest BCUT2D eigenvalue weighted by molar-refractivity contribution is 9.10. The van der Waals surface area contributed by atoms with Crippen LogP contribution in [0.1, 0.15) is 20.9 Å². The summed E-state index contributed by atoms with van der Waals surface area (Å²) in [5, 5.41) is 0. The van der Waals surface area contributed by atoms with Crippen molar-refractivity contribution in [2.45, 2.75) is 6.92 Å². The molecular formula is C17H12Br2N2S. The number of hydrogen-bond donors (Lipinski definition) is 0. The molecule has 0 aliphatic heterocycles. The molecular weight excluding hydrogens is 424 g/mol. The van der Waals surface area contributed by atoms with Gasteiger partial charge in [0.2, 0.25) is 0 Å². The lowest BCUT2D eigenvalue weighted by molar-refractivity contribution is 1.25. The Hall–Kier alpha value is -1.30. The van der Waals surface area contributed by atoms with Gasteiger partial charge >= 0.3 is 0 Å². The van der Waals surface area contributed by atoms with Gasteiger partial charge < -0.3 is 0 Å². The molecule has 0 fully saturated rings. The van der Waals surface area contributed by atoms with Crippen LogP contribution in [0.4, 0.5) is 0 Å². The highest BCUT2D eigenvalue weighted by atomic mass is 79.9. The van der Waals surface area contributed by atoms with E-state index in [4.69, 9.17) is 0 Å². The Bertz CT molecular complexity index is 840. The molecule has 3 aromatic rings. The maximum atomic E-state index is 4.35. The van der Waals surface area contributed by atoms with Crippen LogP contribution in [0.3, 0.4) is 0 Å². The molecule has 0 saturated heterocycles. The van der Waals surface area contributed by atoms with Crippen molar-refractivity contribution in [3.63, 3.8) is 0 Å². The van der Waals surface area contributed by atoms with E-state index in [1.165, 1.54) is 9.75 Å². The molecule has 22 heavy (non-hydrogen) atoms. The second-order valence-corrected chi connectivity index (χ2v) is 7.48. The van der Waals surface area contributed by atoms with E-state index in [0.717, 1.165) is 25.9 Å². The molecule has 0 aliphatic rings. The number of aryl methyl sites for hydroxylation is 1. The molecule has 0 spiro atoms. The predicted molar refractivity (Wildman–Crippen MR) is 99.9 cm³/mol. The average Bonchev–Trinajstić information content (AvgIpc) is 2.94. The molecule has 0 unspecified atom stereocenters. The average molecular weight is 436 g/mol. The third-order valence-electron chi connectivity index (χ3n) is 3.14. The lowest BCUT2D eigenvalue weighted by Gasteiger charge is -2.08. The molecule has 3 heterocycles. The van der Waals surface area contributed by atoms with Crippen LogP contribution in [0.2, 0.25) is 0 Å². The van der Waals surface area contributed by atoms with Crippen LogP contribution in [-0.2, 0) is 0 Å². The Kier molecular flexibility index (Phi) is 4.86. The number of aromatic nitrogens is 2. The van der Waals surface area contributed by atoms with E-state index in [0.29, 0.717) is 0 Å². The van der Waals surface area contributed by atoms with E-state index < -0.39 is 0 Å².